The summed E-state index contributed by atoms with van der Waals surface area (Å²) in [6, 6.07) is 0.484. The zero-order chi connectivity index (χ0) is 13.2. The van der Waals surface area contributed by atoms with Crippen LogP contribution in [0, 0.1) is 0 Å². The summed E-state index contributed by atoms with van der Waals surface area (Å²) in [6.07, 6.45) is 1.10. The van der Waals surface area contributed by atoms with E-state index in [0.717, 1.165) is 10.6 Å². The highest BCUT2D eigenvalue weighted by Gasteiger charge is 2.26. The average molecular weight is 263 g/mol. The third kappa shape index (κ3) is 4.25. The number of piperazine rings is 1. The van der Waals surface area contributed by atoms with E-state index in [0.29, 0.717) is 13.1 Å². The molecule has 0 aromatic rings. The van der Waals surface area contributed by atoms with Crippen LogP contribution in [-0.2, 0) is 14.8 Å². The van der Waals surface area contributed by atoms with Crippen molar-refractivity contribution in [3.63, 3.8) is 0 Å². The van der Waals surface area contributed by atoms with E-state index < -0.39 is 10.0 Å². The van der Waals surface area contributed by atoms with Gasteiger partial charge in [0.2, 0.25) is 15.9 Å². The van der Waals surface area contributed by atoms with Crippen LogP contribution in [0.4, 0.5) is 0 Å². The largest absolute Gasteiger partial charge is 0.338 e. The Morgan fingerprint density at radius 3 is 2.24 bits per heavy atom. The Morgan fingerprint density at radius 1 is 1.35 bits per heavy atom. The minimum atomic E-state index is -3.29. The van der Waals surface area contributed by atoms with Crippen LogP contribution in [0.1, 0.15) is 13.8 Å². The molecule has 0 bridgehead atoms. The molecule has 0 radical (unpaired) electrons. The molecule has 0 spiro atoms. The number of nitrogens with one attached hydrogen (secondary N) is 1. The first-order chi connectivity index (χ1) is 7.70. The topological polar surface area (TPSA) is 69.7 Å². The molecule has 6 nitrogen and oxygen atoms in total. The monoisotopic (exact) mass is 263 g/mol. The molecule has 0 saturated carbocycles. The molecular weight excluding hydrogens is 242 g/mol. The lowest BCUT2D eigenvalue weighted by Crippen LogP contribution is -2.57. The molecule has 7 heteroatoms. The van der Waals surface area contributed by atoms with Crippen LogP contribution in [0.15, 0.2) is 0 Å². The first kappa shape index (κ1) is 14.4. The van der Waals surface area contributed by atoms with Gasteiger partial charge in [0.05, 0.1) is 12.8 Å². The van der Waals surface area contributed by atoms with Gasteiger partial charge in [-0.2, -0.15) is 4.31 Å². The smallest absolute Gasteiger partial charge is 0.237 e. The SMILES string of the molecule is C[C@@H]1CN(C(=O)CN(C)S(C)(=O)=O)C[C@H](C)N1. The zero-order valence-electron chi connectivity index (χ0n) is 10.8. The van der Waals surface area contributed by atoms with Crippen LogP contribution in [0.2, 0.25) is 0 Å². The molecule has 0 unspecified atom stereocenters. The quantitative estimate of drug-likeness (QED) is 0.715. The molecule has 1 rings (SSSR count). The van der Waals surface area contributed by atoms with Gasteiger partial charge in [0.1, 0.15) is 0 Å². The minimum Gasteiger partial charge on any atom is -0.338 e. The van der Waals surface area contributed by atoms with Gasteiger partial charge in [-0.15, -0.1) is 0 Å². The van der Waals surface area contributed by atoms with Gasteiger partial charge in [0.15, 0.2) is 0 Å². The number of hydrogen-bond acceptors (Lipinski definition) is 4. The predicted molar refractivity (Wildman–Crippen MR) is 66.1 cm³/mol. The van der Waals surface area contributed by atoms with Crippen molar-refractivity contribution in [2.75, 3.05) is 32.9 Å². The van der Waals surface area contributed by atoms with Crippen LogP contribution < -0.4 is 5.32 Å². The highest BCUT2D eigenvalue weighted by molar-refractivity contribution is 7.88. The Bertz CT molecular complexity index is 372. The number of amides is 1. The number of hydrogen-bond donors (Lipinski definition) is 1. The second kappa shape index (κ2) is 5.32. The van der Waals surface area contributed by atoms with Gasteiger partial charge in [-0.25, -0.2) is 8.42 Å². The molecule has 1 N–H and O–H groups in total. The molecule has 0 aromatic carbocycles. The van der Waals surface area contributed by atoms with Crippen LogP contribution in [0.25, 0.3) is 0 Å². The fourth-order valence-electron chi connectivity index (χ4n) is 1.94. The van der Waals surface area contributed by atoms with Crippen molar-refractivity contribution in [3.8, 4) is 0 Å². The Kier molecular flexibility index (Phi) is 4.51. The molecule has 1 saturated heterocycles. The minimum absolute atomic E-state index is 0.0850. The van der Waals surface area contributed by atoms with Crippen LogP contribution >= 0.6 is 0 Å². The summed E-state index contributed by atoms with van der Waals surface area (Å²) >= 11 is 0. The van der Waals surface area contributed by atoms with Gasteiger partial charge >= 0.3 is 0 Å². The molecule has 1 aliphatic rings. The molecule has 0 aromatic heterocycles. The summed E-state index contributed by atoms with van der Waals surface area (Å²) in [5.74, 6) is -0.141. The predicted octanol–water partition coefficient (Wildman–Crippen LogP) is -0.913. The lowest BCUT2D eigenvalue weighted by molar-refractivity contribution is -0.132. The van der Waals surface area contributed by atoms with Gasteiger partial charge in [-0.05, 0) is 13.8 Å². The summed E-state index contributed by atoms with van der Waals surface area (Å²) in [4.78, 5) is 13.7. The highest BCUT2D eigenvalue weighted by atomic mass is 32.2. The number of carbonyl (C=O) groups excluding carboxylic acids is 1. The number of rotatable bonds is 3. The Hall–Kier alpha value is -0.660. The van der Waals surface area contributed by atoms with E-state index in [1.54, 1.807) is 4.90 Å². The lowest BCUT2D eigenvalue weighted by Gasteiger charge is -2.36. The third-order valence-electron chi connectivity index (χ3n) is 2.83. The maximum atomic E-state index is 11.9. The van der Waals surface area contributed by atoms with Crippen LogP contribution in [0.5, 0.6) is 0 Å². The first-order valence-electron chi connectivity index (χ1n) is 5.65. The van der Waals surface area contributed by atoms with Gasteiger partial charge in [-0.3, -0.25) is 4.79 Å². The van der Waals surface area contributed by atoms with E-state index >= 15 is 0 Å². The van der Waals surface area contributed by atoms with Crippen molar-refractivity contribution in [3.05, 3.63) is 0 Å². The normalized spacial score (nSPS) is 26.3. The summed E-state index contributed by atoms with van der Waals surface area (Å²) in [7, 11) is -1.87. The van der Waals surface area contributed by atoms with E-state index in [-0.39, 0.29) is 24.5 Å². The van der Waals surface area contributed by atoms with E-state index in [2.05, 4.69) is 5.32 Å². The Morgan fingerprint density at radius 2 is 1.82 bits per heavy atom. The number of likely N-dealkylation sites (N-methyl/N-ethyl adjacent to an activating group) is 1. The lowest BCUT2D eigenvalue weighted by atomic mass is 10.1. The van der Waals surface area contributed by atoms with Crippen molar-refractivity contribution in [1.82, 2.24) is 14.5 Å². The van der Waals surface area contributed by atoms with Crippen molar-refractivity contribution in [2.24, 2.45) is 0 Å². The van der Waals surface area contributed by atoms with Crippen LogP contribution in [-0.4, -0.2) is 68.6 Å². The van der Waals surface area contributed by atoms with E-state index in [4.69, 9.17) is 0 Å². The van der Waals surface area contributed by atoms with Gasteiger partial charge in [-0.1, -0.05) is 0 Å². The molecule has 17 heavy (non-hydrogen) atoms. The summed E-state index contributed by atoms with van der Waals surface area (Å²) < 4.78 is 23.5. The standard InChI is InChI=1S/C10H21N3O3S/c1-8-5-13(6-9(2)11-8)10(14)7-12(3)17(4,15)16/h8-9,11H,5-7H2,1-4H3/t8-,9+. The molecule has 100 valence electrons. The molecule has 2 atom stereocenters. The fraction of sp³-hybridized carbons (Fsp3) is 0.900. The fourth-order valence-corrected chi connectivity index (χ4v) is 2.28. The van der Waals surface area contributed by atoms with Gasteiger partial charge < -0.3 is 10.2 Å². The number of carbonyl (C=O) groups is 1. The molecule has 1 amide bonds. The van der Waals surface area contributed by atoms with E-state index in [9.17, 15) is 13.2 Å². The van der Waals surface area contributed by atoms with Crippen molar-refractivity contribution < 1.29 is 13.2 Å². The summed E-state index contributed by atoms with van der Waals surface area (Å²) in [6.45, 7) is 5.19. The third-order valence-corrected chi connectivity index (χ3v) is 4.10. The molecule has 1 aliphatic heterocycles. The van der Waals surface area contributed by atoms with E-state index in [1.165, 1.54) is 7.05 Å². The molecule has 1 fully saturated rings. The zero-order valence-corrected chi connectivity index (χ0v) is 11.6. The summed E-state index contributed by atoms with van der Waals surface area (Å²) in [5.41, 5.74) is 0. The highest BCUT2D eigenvalue weighted by Crippen LogP contribution is 2.05. The second-order valence-corrected chi connectivity index (χ2v) is 6.88. The number of sulfonamides is 1. The Balaban J connectivity index is 2.59. The first-order valence-corrected chi connectivity index (χ1v) is 7.50. The van der Waals surface area contributed by atoms with E-state index in [1.807, 2.05) is 13.8 Å². The molecule has 1 heterocycles. The Labute approximate surface area is 103 Å². The van der Waals surface area contributed by atoms with Crippen LogP contribution in [0.3, 0.4) is 0 Å². The summed E-state index contributed by atoms with van der Waals surface area (Å²) in [5, 5.41) is 3.32. The number of nitrogens with zero attached hydrogens (tertiary/aromatic N) is 2. The molecular formula is C10H21N3O3S. The maximum Gasteiger partial charge on any atom is 0.237 e. The van der Waals surface area contributed by atoms with Gasteiger partial charge in [0, 0.05) is 32.2 Å². The van der Waals surface area contributed by atoms with Crippen molar-refractivity contribution in [1.29, 1.82) is 0 Å². The maximum absolute atomic E-state index is 11.9. The van der Waals surface area contributed by atoms with Crippen molar-refractivity contribution >= 4 is 15.9 Å². The average Bonchev–Trinajstić information content (AvgIpc) is 2.14. The van der Waals surface area contributed by atoms with Gasteiger partial charge in [0.25, 0.3) is 0 Å². The second-order valence-electron chi connectivity index (χ2n) is 4.79. The molecule has 0 aliphatic carbocycles. The van der Waals surface area contributed by atoms with Crippen molar-refractivity contribution in [2.45, 2.75) is 25.9 Å².